The average molecular weight is 487 g/mol. The van der Waals surface area contributed by atoms with Crippen molar-refractivity contribution in [3.05, 3.63) is 53.6 Å². The number of anilines is 1. The molecular formula is C24H30N4O3S2. The number of carbonyl (C=O) groups excluding carboxylic acids is 1. The largest absolute Gasteiger partial charge is 0.345 e. The molecule has 176 valence electrons. The predicted octanol–water partition coefficient (Wildman–Crippen LogP) is 3.85. The number of hydrogen-bond donors (Lipinski definition) is 0. The topological polar surface area (TPSA) is 73.8 Å². The van der Waals surface area contributed by atoms with Gasteiger partial charge in [0.1, 0.15) is 0 Å². The van der Waals surface area contributed by atoms with Crippen LogP contribution in [0.1, 0.15) is 36.7 Å². The Morgan fingerprint density at radius 2 is 1.76 bits per heavy atom. The fourth-order valence-electron chi connectivity index (χ4n) is 3.91. The van der Waals surface area contributed by atoms with Crippen molar-refractivity contribution in [2.24, 2.45) is 0 Å². The number of aromatic nitrogens is 1. The maximum atomic E-state index is 13.0. The van der Waals surface area contributed by atoms with Crippen molar-refractivity contribution >= 4 is 42.6 Å². The number of thiazole rings is 1. The average Bonchev–Trinajstić information content (AvgIpc) is 3.27. The van der Waals surface area contributed by atoms with E-state index in [0.29, 0.717) is 18.7 Å². The maximum absolute atomic E-state index is 13.0. The summed E-state index contributed by atoms with van der Waals surface area (Å²) in [7, 11) is -2.00. The molecule has 0 bridgehead atoms. The third kappa shape index (κ3) is 4.62. The summed E-state index contributed by atoms with van der Waals surface area (Å²) >= 11 is 1.70. The number of aryl methyl sites for hydroxylation is 1. The van der Waals surface area contributed by atoms with Gasteiger partial charge in [0.05, 0.1) is 15.1 Å². The van der Waals surface area contributed by atoms with E-state index in [1.165, 1.54) is 26.7 Å². The second-order valence-electron chi connectivity index (χ2n) is 8.53. The molecule has 1 amide bonds. The summed E-state index contributed by atoms with van der Waals surface area (Å²) in [6, 6.07) is 12.4. The molecule has 1 aliphatic heterocycles. The Labute approximate surface area is 199 Å². The number of rotatable bonds is 6. The number of benzene rings is 2. The molecule has 4 rings (SSSR count). The molecule has 2 aromatic carbocycles. The van der Waals surface area contributed by atoms with Crippen LogP contribution in [0, 0.1) is 0 Å². The van der Waals surface area contributed by atoms with Crippen molar-refractivity contribution in [3.8, 4) is 0 Å². The Morgan fingerprint density at radius 1 is 1.09 bits per heavy atom. The number of nitrogens with zero attached hydrogens (tertiary/aromatic N) is 4. The SMILES string of the molecule is CCc1cccc2sc(N3CCN(C(=O)c4ccc(S(=O)(=O)N(C)C(C)C)cc4)CC3)nc12. The van der Waals surface area contributed by atoms with E-state index in [9.17, 15) is 13.2 Å². The fraction of sp³-hybridized carbons (Fsp3) is 0.417. The van der Waals surface area contributed by atoms with E-state index in [0.717, 1.165) is 30.2 Å². The van der Waals surface area contributed by atoms with Crippen LogP contribution in [0.3, 0.4) is 0 Å². The zero-order valence-electron chi connectivity index (χ0n) is 19.5. The minimum Gasteiger partial charge on any atom is -0.345 e. The van der Waals surface area contributed by atoms with E-state index in [1.54, 1.807) is 30.5 Å². The van der Waals surface area contributed by atoms with E-state index >= 15 is 0 Å². The first-order chi connectivity index (χ1) is 15.7. The smallest absolute Gasteiger partial charge is 0.253 e. The van der Waals surface area contributed by atoms with Crippen LogP contribution in [0.25, 0.3) is 10.2 Å². The van der Waals surface area contributed by atoms with Crippen LogP contribution in [0.15, 0.2) is 47.4 Å². The minimum absolute atomic E-state index is 0.0756. The van der Waals surface area contributed by atoms with Gasteiger partial charge in [-0.05, 0) is 56.2 Å². The molecule has 3 aromatic rings. The summed E-state index contributed by atoms with van der Waals surface area (Å²) < 4.78 is 27.8. The van der Waals surface area contributed by atoms with Crippen molar-refractivity contribution in [2.45, 2.75) is 38.1 Å². The van der Waals surface area contributed by atoms with Crippen LogP contribution in [0.2, 0.25) is 0 Å². The van der Waals surface area contributed by atoms with Crippen molar-refractivity contribution in [2.75, 3.05) is 38.1 Å². The molecule has 0 saturated carbocycles. The summed E-state index contributed by atoms with van der Waals surface area (Å²) in [5.74, 6) is -0.0756. The van der Waals surface area contributed by atoms with Crippen LogP contribution in [-0.4, -0.2) is 67.8 Å². The second kappa shape index (κ2) is 9.40. The molecule has 33 heavy (non-hydrogen) atoms. The first kappa shape index (κ1) is 23.7. The highest BCUT2D eigenvalue weighted by molar-refractivity contribution is 7.89. The zero-order chi connectivity index (χ0) is 23.8. The van der Waals surface area contributed by atoms with E-state index in [2.05, 4.69) is 30.0 Å². The molecule has 2 heterocycles. The maximum Gasteiger partial charge on any atom is 0.253 e. The zero-order valence-corrected chi connectivity index (χ0v) is 21.1. The number of hydrogen-bond acceptors (Lipinski definition) is 6. The molecule has 0 spiro atoms. The van der Waals surface area contributed by atoms with E-state index in [-0.39, 0.29) is 16.8 Å². The number of sulfonamides is 1. The van der Waals surface area contributed by atoms with Gasteiger partial charge in [-0.3, -0.25) is 4.79 Å². The van der Waals surface area contributed by atoms with Crippen molar-refractivity contribution in [3.63, 3.8) is 0 Å². The summed E-state index contributed by atoms with van der Waals surface area (Å²) in [6.07, 6.45) is 0.955. The number of fused-ring (bicyclic) bond motifs is 1. The molecule has 7 nitrogen and oxygen atoms in total. The predicted molar refractivity (Wildman–Crippen MR) is 134 cm³/mol. The summed E-state index contributed by atoms with van der Waals surface area (Å²) in [5, 5.41) is 1.00. The highest BCUT2D eigenvalue weighted by Gasteiger charge is 2.26. The van der Waals surface area contributed by atoms with Crippen molar-refractivity contribution in [1.82, 2.24) is 14.2 Å². The quantitative estimate of drug-likeness (QED) is 0.529. The van der Waals surface area contributed by atoms with Gasteiger partial charge < -0.3 is 9.80 Å². The lowest BCUT2D eigenvalue weighted by Gasteiger charge is -2.34. The molecular weight excluding hydrogens is 456 g/mol. The molecule has 9 heteroatoms. The Bertz CT molecular complexity index is 1240. The Morgan fingerprint density at radius 3 is 2.36 bits per heavy atom. The van der Waals surface area contributed by atoms with E-state index in [4.69, 9.17) is 4.98 Å². The first-order valence-electron chi connectivity index (χ1n) is 11.2. The van der Waals surface area contributed by atoms with Gasteiger partial charge in [-0.25, -0.2) is 13.4 Å². The minimum atomic E-state index is -3.56. The van der Waals surface area contributed by atoms with Gasteiger partial charge >= 0.3 is 0 Å². The Hall–Kier alpha value is -2.49. The normalized spacial score (nSPS) is 15.1. The lowest BCUT2D eigenvalue weighted by Crippen LogP contribution is -2.48. The van der Waals surface area contributed by atoms with Crippen molar-refractivity contribution in [1.29, 1.82) is 0 Å². The summed E-state index contributed by atoms with van der Waals surface area (Å²) in [6.45, 7) is 8.44. The van der Waals surface area contributed by atoms with E-state index in [1.807, 2.05) is 18.7 Å². The summed E-state index contributed by atoms with van der Waals surface area (Å²) in [5.41, 5.74) is 2.84. The molecule has 0 atom stereocenters. The summed E-state index contributed by atoms with van der Waals surface area (Å²) in [4.78, 5) is 22.1. The molecule has 0 radical (unpaired) electrons. The van der Waals surface area contributed by atoms with Crippen LogP contribution >= 0.6 is 11.3 Å². The molecule has 1 aliphatic rings. The van der Waals surface area contributed by atoms with Crippen LogP contribution in [0.4, 0.5) is 5.13 Å². The third-order valence-corrected chi connectivity index (χ3v) is 9.34. The highest BCUT2D eigenvalue weighted by atomic mass is 32.2. The molecule has 0 unspecified atom stereocenters. The van der Waals surface area contributed by atoms with Gasteiger partial charge in [0.15, 0.2) is 5.13 Å². The third-order valence-electron chi connectivity index (χ3n) is 6.22. The lowest BCUT2D eigenvalue weighted by atomic mass is 10.1. The number of amides is 1. The second-order valence-corrected chi connectivity index (χ2v) is 11.5. The molecule has 0 aliphatic carbocycles. The van der Waals surface area contributed by atoms with Crippen LogP contribution in [-0.2, 0) is 16.4 Å². The first-order valence-corrected chi connectivity index (χ1v) is 13.5. The standard InChI is InChI=1S/C24H30N4O3S2/c1-5-18-7-6-8-21-22(18)25-24(32-21)28-15-13-27(14-16-28)23(29)19-9-11-20(12-10-19)33(30,31)26(4)17(2)3/h6-12,17H,5,13-16H2,1-4H3. The van der Waals surface area contributed by atoms with Crippen LogP contribution < -0.4 is 4.90 Å². The molecule has 1 aromatic heterocycles. The van der Waals surface area contributed by atoms with Crippen LogP contribution in [0.5, 0.6) is 0 Å². The van der Waals surface area contributed by atoms with Gasteiger partial charge in [-0.2, -0.15) is 4.31 Å². The molecule has 1 fully saturated rings. The van der Waals surface area contributed by atoms with E-state index < -0.39 is 10.0 Å². The molecule has 1 saturated heterocycles. The van der Waals surface area contributed by atoms with Crippen molar-refractivity contribution < 1.29 is 13.2 Å². The molecule has 0 N–H and O–H groups in total. The number of para-hydroxylation sites is 1. The Kier molecular flexibility index (Phi) is 6.74. The van der Waals surface area contributed by atoms with Gasteiger partial charge in [-0.15, -0.1) is 0 Å². The number of carbonyl (C=O) groups is 1. The highest BCUT2D eigenvalue weighted by Crippen LogP contribution is 2.31. The van der Waals surface area contributed by atoms with Gasteiger partial charge in [-0.1, -0.05) is 30.4 Å². The lowest BCUT2D eigenvalue weighted by molar-refractivity contribution is 0.0746. The van der Waals surface area contributed by atoms with Gasteiger partial charge in [0, 0.05) is 44.8 Å². The van der Waals surface area contributed by atoms with Gasteiger partial charge in [0.25, 0.3) is 5.91 Å². The monoisotopic (exact) mass is 486 g/mol. The fourth-order valence-corrected chi connectivity index (χ4v) is 6.34. The number of piperazine rings is 1. The Balaban J connectivity index is 1.42. The van der Waals surface area contributed by atoms with Gasteiger partial charge in [0.2, 0.25) is 10.0 Å².